The third-order valence-corrected chi connectivity index (χ3v) is 10.1. The van der Waals surface area contributed by atoms with E-state index in [1.54, 1.807) is 0 Å². The maximum absolute atomic E-state index is 2.88. The summed E-state index contributed by atoms with van der Waals surface area (Å²) in [5.41, 5.74) is 0. The summed E-state index contributed by atoms with van der Waals surface area (Å²) in [6, 6.07) is 5.24. The maximum Gasteiger partial charge on any atom is 0.128 e. The van der Waals surface area contributed by atoms with E-state index in [0.29, 0.717) is 0 Å². The van der Waals surface area contributed by atoms with Gasteiger partial charge in [0.05, 0.1) is 0 Å². The first kappa shape index (κ1) is 16.2. The molecule has 0 aromatic rings. The minimum absolute atomic E-state index is 0.737. The minimum Gasteiger partial charge on any atom is -0.321 e. The molecule has 0 spiro atoms. The lowest BCUT2D eigenvalue weighted by Gasteiger charge is -2.45. The van der Waals surface area contributed by atoms with E-state index in [1.807, 2.05) is 0 Å². The highest BCUT2D eigenvalue weighted by molar-refractivity contribution is 6.77. The molecule has 0 amide bonds. The molecular formula is C14H33NSi. The Morgan fingerprint density at radius 2 is 1.19 bits per heavy atom. The summed E-state index contributed by atoms with van der Waals surface area (Å²) in [4.78, 5) is 0. The van der Waals surface area contributed by atoms with Gasteiger partial charge in [0.25, 0.3) is 0 Å². The molecule has 0 saturated carbocycles. The van der Waals surface area contributed by atoms with E-state index in [-0.39, 0.29) is 0 Å². The Kier molecular flexibility index (Phi) is 8.39. The summed E-state index contributed by atoms with van der Waals surface area (Å²) in [5.74, 6) is 0. The van der Waals surface area contributed by atoms with Crippen molar-refractivity contribution in [3.8, 4) is 0 Å². The summed E-state index contributed by atoms with van der Waals surface area (Å²) in [6.07, 6.45) is 4.11. The van der Waals surface area contributed by atoms with E-state index in [1.165, 1.54) is 43.9 Å². The highest BCUT2D eigenvalue weighted by Gasteiger charge is 2.37. The molecule has 0 unspecified atom stereocenters. The van der Waals surface area contributed by atoms with Crippen LogP contribution in [0, 0.1) is 0 Å². The summed E-state index contributed by atoms with van der Waals surface area (Å²) in [7, 11) is -1.15. The average Bonchev–Trinajstić information content (AvgIpc) is 2.19. The van der Waals surface area contributed by atoms with Crippen LogP contribution in [0.25, 0.3) is 0 Å². The van der Waals surface area contributed by atoms with Crippen LogP contribution >= 0.6 is 0 Å². The maximum atomic E-state index is 2.88. The van der Waals surface area contributed by atoms with E-state index in [0.717, 1.165) is 6.04 Å². The van der Waals surface area contributed by atoms with Crippen LogP contribution in [0.4, 0.5) is 0 Å². The molecule has 0 aromatic carbocycles. The first-order valence-corrected chi connectivity index (χ1v) is 9.91. The Morgan fingerprint density at radius 3 is 1.38 bits per heavy atom. The molecule has 0 heterocycles. The summed E-state index contributed by atoms with van der Waals surface area (Å²) >= 11 is 0. The van der Waals surface area contributed by atoms with Crippen molar-refractivity contribution in [2.45, 2.75) is 85.0 Å². The van der Waals surface area contributed by atoms with Crippen molar-refractivity contribution in [2.75, 3.05) is 6.54 Å². The van der Waals surface area contributed by atoms with Crippen LogP contribution in [0.1, 0.15) is 60.8 Å². The largest absolute Gasteiger partial charge is 0.321 e. The lowest BCUT2D eigenvalue weighted by molar-refractivity contribution is 0.357. The first-order chi connectivity index (χ1) is 7.57. The van der Waals surface area contributed by atoms with Crippen LogP contribution in [-0.2, 0) is 0 Å². The van der Waals surface area contributed by atoms with Crippen molar-refractivity contribution in [3.63, 3.8) is 0 Å². The Morgan fingerprint density at radius 1 is 0.812 bits per heavy atom. The van der Waals surface area contributed by atoms with E-state index < -0.39 is 8.24 Å². The van der Waals surface area contributed by atoms with Gasteiger partial charge in [0.1, 0.15) is 8.24 Å². The molecule has 0 N–H and O–H groups in total. The van der Waals surface area contributed by atoms with Crippen molar-refractivity contribution in [1.82, 2.24) is 4.57 Å². The van der Waals surface area contributed by atoms with Crippen LogP contribution in [0.3, 0.4) is 0 Å². The number of rotatable bonds is 9. The van der Waals surface area contributed by atoms with E-state index in [9.17, 15) is 0 Å². The van der Waals surface area contributed by atoms with Crippen molar-refractivity contribution in [2.24, 2.45) is 0 Å². The third-order valence-electron chi connectivity index (χ3n) is 3.72. The molecule has 0 aliphatic heterocycles. The van der Waals surface area contributed by atoms with E-state index >= 15 is 0 Å². The molecule has 0 saturated heterocycles. The van der Waals surface area contributed by atoms with Crippen molar-refractivity contribution in [3.05, 3.63) is 0 Å². The van der Waals surface area contributed by atoms with Crippen LogP contribution < -0.4 is 0 Å². The summed E-state index contributed by atoms with van der Waals surface area (Å²) in [6.45, 7) is 15.5. The van der Waals surface area contributed by atoms with Gasteiger partial charge in [-0.2, -0.15) is 0 Å². The third kappa shape index (κ3) is 4.21. The Balaban J connectivity index is 4.93. The highest BCUT2D eigenvalue weighted by atomic mass is 28.3. The van der Waals surface area contributed by atoms with Gasteiger partial charge in [-0.25, -0.2) is 0 Å². The van der Waals surface area contributed by atoms with Gasteiger partial charge in [0, 0.05) is 0 Å². The molecule has 2 heteroatoms. The van der Waals surface area contributed by atoms with Gasteiger partial charge in [0.2, 0.25) is 0 Å². The number of hydrogen-bond acceptors (Lipinski definition) is 1. The fourth-order valence-electron chi connectivity index (χ4n) is 3.45. The molecule has 0 bridgehead atoms. The Hall–Kier alpha value is 0.177. The molecule has 0 aliphatic rings. The SMILES string of the molecule is CCC[Si](CCC)(CCC)N(CC)C(C)C. The monoisotopic (exact) mass is 243 g/mol. The summed E-state index contributed by atoms with van der Waals surface area (Å²) in [5, 5.41) is 0. The molecule has 0 atom stereocenters. The van der Waals surface area contributed by atoms with Crippen LogP contribution in [0.15, 0.2) is 0 Å². The van der Waals surface area contributed by atoms with Crippen molar-refractivity contribution in [1.29, 1.82) is 0 Å². The first-order valence-electron chi connectivity index (χ1n) is 7.34. The molecule has 0 aromatic heterocycles. The quantitative estimate of drug-likeness (QED) is 0.521. The normalized spacial score (nSPS) is 12.8. The molecule has 0 rings (SSSR count). The zero-order valence-electron chi connectivity index (χ0n) is 12.5. The second-order valence-electron chi connectivity index (χ2n) is 5.35. The Bertz CT molecular complexity index is 151. The number of nitrogens with zero attached hydrogens (tertiary/aromatic N) is 1. The lowest BCUT2D eigenvalue weighted by Crippen LogP contribution is -2.56. The van der Waals surface area contributed by atoms with Crippen molar-refractivity contribution < 1.29 is 0 Å². The molecular weight excluding hydrogens is 210 g/mol. The molecule has 0 fully saturated rings. The van der Waals surface area contributed by atoms with Crippen molar-refractivity contribution >= 4 is 8.24 Å². The molecule has 98 valence electrons. The smallest absolute Gasteiger partial charge is 0.128 e. The minimum atomic E-state index is -1.15. The Labute approximate surface area is 105 Å². The van der Waals surface area contributed by atoms with Gasteiger partial charge in [-0.1, -0.05) is 60.8 Å². The zero-order valence-corrected chi connectivity index (χ0v) is 13.5. The van der Waals surface area contributed by atoms with Gasteiger partial charge in [-0.05, 0) is 30.7 Å². The molecule has 0 radical (unpaired) electrons. The van der Waals surface area contributed by atoms with Gasteiger partial charge >= 0.3 is 0 Å². The molecule has 1 nitrogen and oxygen atoms in total. The zero-order chi connectivity index (χ0) is 12.6. The fourth-order valence-corrected chi connectivity index (χ4v) is 9.62. The van der Waals surface area contributed by atoms with Crippen LogP contribution in [0.5, 0.6) is 0 Å². The standard InChI is InChI=1S/C14H33NSi/c1-7-11-16(12-8-2,13-9-3)15(10-4)14(5)6/h14H,7-13H2,1-6H3. The van der Waals surface area contributed by atoms with Gasteiger partial charge < -0.3 is 4.57 Å². The number of hydrogen-bond donors (Lipinski definition) is 0. The average molecular weight is 244 g/mol. The lowest BCUT2D eigenvalue weighted by atomic mass is 10.4. The van der Waals surface area contributed by atoms with Crippen LogP contribution in [0.2, 0.25) is 18.1 Å². The summed E-state index contributed by atoms with van der Waals surface area (Å²) < 4.78 is 2.88. The second kappa shape index (κ2) is 8.29. The van der Waals surface area contributed by atoms with E-state index in [4.69, 9.17) is 0 Å². The van der Waals surface area contributed by atoms with Gasteiger partial charge in [-0.15, -0.1) is 0 Å². The predicted octanol–water partition coefficient (Wildman–Crippen LogP) is 4.89. The second-order valence-corrected chi connectivity index (χ2v) is 9.88. The van der Waals surface area contributed by atoms with Gasteiger partial charge in [0.15, 0.2) is 0 Å². The topological polar surface area (TPSA) is 3.24 Å². The van der Waals surface area contributed by atoms with Crippen LogP contribution in [-0.4, -0.2) is 25.4 Å². The molecule has 0 aliphatic carbocycles. The van der Waals surface area contributed by atoms with Gasteiger partial charge in [-0.3, -0.25) is 0 Å². The highest BCUT2D eigenvalue weighted by Crippen LogP contribution is 2.31. The fraction of sp³-hybridized carbons (Fsp3) is 1.00. The predicted molar refractivity (Wildman–Crippen MR) is 78.6 cm³/mol. The van der Waals surface area contributed by atoms with E-state index in [2.05, 4.69) is 46.1 Å². The molecule has 16 heavy (non-hydrogen) atoms.